The van der Waals surface area contributed by atoms with Gasteiger partial charge in [-0.1, -0.05) is 41.9 Å². The minimum atomic E-state index is -0.642. The van der Waals surface area contributed by atoms with Crippen molar-refractivity contribution >= 4 is 29.1 Å². The van der Waals surface area contributed by atoms with Gasteiger partial charge in [-0.3, -0.25) is 9.59 Å². The summed E-state index contributed by atoms with van der Waals surface area (Å²) in [4.78, 5) is 26.2. The first-order valence-corrected chi connectivity index (χ1v) is 8.98. The highest BCUT2D eigenvalue weighted by atomic mass is 35.5. The number of amides is 2. The average Bonchev–Trinajstić information content (AvgIpc) is 3.04. The zero-order valence-corrected chi connectivity index (χ0v) is 15.6. The van der Waals surface area contributed by atoms with Crippen molar-refractivity contribution in [3.8, 4) is 0 Å². The van der Waals surface area contributed by atoms with Crippen molar-refractivity contribution < 1.29 is 18.7 Å². The summed E-state index contributed by atoms with van der Waals surface area (Å²) in [5.41, 5.74) is 1.49. The van der Waals surface area contributed by atoms with Gasteiger partial charge in [0.05, 0.1) is 24.2 Å². The third-order valence-electron chi connectivity index (χ3n) is 4.56. The molecule has 2 amide bonds. The van der Waals surface area contributed by atoms with Gasteiger partial charge in [0, 0.05) is 12.7 Å². The standard InChI is InChI=1S/C20H20ClFN2O3/c1-24(15-7-8-17(22)16(21)10-15)20(26)18-9-14(19(25)23-18)12-27-11-13-5-3-2-4-6-13/h2-8,10,14,18H,9,11-12H2,1H3,(H,23,25). The molecule has 0 aliphatic carbocycles. The summed E-state index contributed by atoms with van der Waals surface area (Å²) in [6.45, 7) is 0.661. The topological polar surface area (TPSA) is 58.6 Å². The van der Waals surface area contributed by atoms with Crippen LogP contribution in [0.2, 0.25) is 5.02 Å². The highest BCUT2D eigenvalue weighted by Gasteiger charge is 2.37. The fourth-order valence-electron chi connectivity index (χ4n) is 2.99. The number of nitrogens with one attached hydrogen (secondary N) is 1. The van der Waals surface area contributed by atoms with Crippen LogP contribution in [-0.2, 0) is 20.9 Å². The number of ether oxygens (including phenoxy) is 1. The van der Waals surface area contributed by atoms with Crippen molar-refractivity contribution in [1.29, 1.82) is 0 Å². The number of carbonyl (C=O) groups excluding carboxylic acids is 2. The Hall–Kier alpha value is -2.44. The van der Waals surface area contributed by atoms with Gasteiger partial charge in [0.2, 0.25) is 11.8 Å². The number of rotatable bonds is 6. The van der Waals surface area contributed by atoms with Gasteiger partial charge in [0.25, 0.3) is 0 Å². The maximum atomic E-state index is 13.3. The maximum absolute atomic E-state index is 13.3. The van der Waals surface area contributed by atoms with Crippen LogP contribution >= 0.6 is 11.6 Å². The molecule has 3 rings (SSSR count). The van der Waals surface area contributed by atoms with Crippen LogP contribution in [0.1, 0.15) is 12.0 Å². The van der Waals surface area contributed by atoms with E-state index in [1.54, 1.807) is 7.05 Å². The van der Waals surface area contributed by atoms with E-state index >= 15 is 0 Å². The number of hydrogen-bond acceptors (Lipinski definition) is 3. The number of halogens is 2. The largest absolute Gasteiger partial charge is 0.376 e. The van der Waals surface area contributed by atoms with E-state index in [-0.39, 0.29) is 29.4 Å². The predicted octanol–water partition coefficient (Wildman–Crippen LogP) is 3.16. The van der Waals surface area contributed by atoms with Crippen molar-refractivity contribution in [3.63, 3.8) is 0 Å². The predicted molar refractivity (Wildman–Crippen MR) is 101 cm³/mol. The van der Waals surface area contributed by atoms with Gasteiger partial charge in [-0.2, -0.15) is 0 Å². The van der Waals surface area contributed by atoms with E-state index in [1.807, 2.05) is 30.3 Å². The van der Waals surface area contributed by atoms with Gasteiger partial charge >= 0.3 is 0 Å². The van der Waals surface area contributed by atoms with E-state index in [2.05, 4.69) is 5.32 Å². The summed E-state index contributed by atoms with van der Waals surface area (Å²) in [6.07, 6.45) is 0.353. The van der Waals surface area contributed by atoms with E-state index in [0.717, 1.165) is 5.56 Å². The molecule has 2 aromatic carbocycles. The van der Waals surface area contributed by atoms with Crippen molar-refractivity contribution in [2.75, 3.05) is 18.6 Å². The van der Waals surface area contributed by atoms with Gasteiger partial charge in [-0.05, 0) is 30.2 Å². The zero-order chi connectivity index (χ0) is 19.4. The molecule has 142 valence electrons. The van der Waals surface area contributed by atoms with Crippen LogP contribution in [0.5, 0.6) is 0 Å². The molecular weight excluding hydrogens is 371 g/mol. The Balaban J connectivity index is 1.55. The molecule has 2 atom stereocenters. The molecule has 7 heteroatoms. The maximum Gasteiger partial charge on any atom is 0.249 e. The molecule has 0 saturated carbocycles. The first kappa shape index (κ1) is 19.3. The lowest BCUT2D eigenvalue weighted by molar-refractivity contribution is -0.126. The van der Waals surface area contributed by atoms with Gasteiger partial charge in [0.1, 0.15) is 11.9 Å². The number of anilines is 1. The first-order valence-electron chi connectivity index (χ1n) is 8.60. The number of likely N-dealkylation sites (N-methyl/N-ethyl adjacent to an activating group) is 1. The Morgan fingerprint density at radius 1 is 1.30 bits per heavy atom. The molecule has 2 aromatic rings. The molecule has 0 radical (unpaired) electrons. The van der Waals surface area contributed by atoms with E-state index in [4.69, 9.17) is 16.3 Å². The fourth-order valence-corrected chi connectivity index (χ4v) is 3.17. The molecule has 27 heavy (non-hydrogen) atoms. The second-order valence-electron chi connectivity index (χ2n) is 6.49. The lowest BCUT2D eigenvalue weighted by Crippen LogP contribution is -2.42. The normalized spacial score (nSPS) is 19.0. The number of carbonyl (C=O) groups is 2. The minimum absolute atomic E-state index is 0.0604. The lowest BCUT2D eigenvalue weighted by atomic mass is 10.1. The molecule has 0 aromatic heterocycles. The van der Waals surface area contributed by atoms with Crippen LogP contribution in [0.3, 0.4) is 0 Å². The fraction of sp³-hybridized carbons (Fsp3) is 0.300. The van der Waals surface area contributed by atoms with Crippen molar-refractivity contribution in [2.45, 2.75) is 19.1 Å². The van der Waals surface area contributed by atoms with Crippen LogP contribution in [0.25, 0.3) is 0 Å². The molecule has 0 bridgehead atoms. The Bertz CT molecular complexity index is 831. The third-order valence-corrected chi connectivity index (χ3v) is 4.85. The summed E-state index contributed by atoms with van der Waals surface area (Å²) in [6, 6.07) is 13.1. The molecule has 0 spiro atoms. The Morgan fingerprint density at radius 2 is 2.04 bits per heavy atom. The molecule has 1 saturated heterocycles. The van der Waals surface area contributed by atoms with E-state index < -0.39 is 11.9 Å². The molecule has 5 nitrogen and oxygen atoms in total. The van der Waals surface area contributed by atoms with E-state index in [0.29, 0.717) is 18.7 Å². The van der Waals surface area contributed by atoms with Gasteiger partial charge in [-0.15, -0.1) is 0 Å². The molecular formula is C20H20ClFN2O3. The summed E-state index contributed by atoms with van der Waals surface area (Å²) in [5, 5.41) is 2.65. The van der Waals surface area contributed by atoms with Crippen molar-refractivity contribution in [3.05, 3.63) is 64.9 Å². The zero-order valence-electron chi connectivity index (χ0n) is 14.8. The summed E-state index contributed by atoms with van der Waals surface area (Å²) < 4.78 is 18.9. The molecule has 1 fully saturated rings. The van der Waals surface area contributed by atoms with Gasteiger partial charge < -0.3 is 15.0 Å². The number of nitrogens with zero attached hydrogens (tertiary/aromatic N) is 1. The second kappa shape index (κ2) is 8.50. The van der Waals surface area contributed by atoms with E-state index in [1.165, 1.54) is 23.1 Å². The van der Waals surface area contributed by atoms with Crippen LogP contribution in [-0.4, -0.2) is 31.5 Å². The number of hydrogen-bond donors (Lipinski definition) is 1. The Labute approximate surface area is 162 Å². The third kappa shape index (κ3) is 4.64. The molecule has 1 aliphatic heterocycles. The number of benzene rings is 2. The first-order chi connectivity index (χ1) is 13.0. The minimum Gasteiger partial charge on any atom is -0.376 e. The lowest BCUT2D eigenvalue weighted by Gasteiger charge is -2.21. The second-order valence-corrected chi connectivity index (χ2v) is 6.90. The highest BCUT2D eigenvalue weighted by Crippen LogP contribution is 2.24. The molecule has 2 unspecified atom stereocenters. The summed E-state index contributed by atoms with van der Waals surface area (Å²) in [5.74, 6) is -1.41. The average molecular weight is 391 g/mol. The van der Waals surface area contributed by atoms with Crippen molar-refractivity contribution in [1.82, 2.24) is 5.32 Å². The van der Waals surface area contributed by atoms with E-state index in [9.17, 15) is 14.0 Å². The Kier molecular flexibility index (Phi) is 6.08. The van der Waals surface area contributed by atoms with Crippen LogP contribution < -0.4 is 10.2 Å². The smallest absolute Gasteiger partial charge is 0.249 e. The molecule has 1 aliphatic rings. The summed E-state index contributed by atoms with van der Waals surface area (Å²) >= 11 is 5.78. The summed E-state index contributed by atoms with van der Waals surface area (Å²) in [7, 11) is 1.57. The van der Waals surface area contributed by atoms with Crippen LogP contribution in [0.15, 0.2) is 48.5 Å². The van der Waals surface area contributed by atoms with Gasteiger partial charge in [0.15, 0.2) is 0 Å². The Morgan fingerprint density at radius 3 is 2.74 bits per heavy atom. The van der Waals surface area contributed by atoms with Gasteiger partial charge in [-0.25, -0.2) is 4.39 Å². The quantitative estimate of drug-likeness (QED) is 0.824. The highest BCUT2D eigenvalue weighted by molar-refractivity contribution is 6.31. The van der Waals surface area contributed by atoms with Crippen molar-refractivity contribution in [2.24, 2.45) is 5.92 Å². The SMILES string of the molecule is CN(C(=O)C1CC(COCc2ccccc2)C(=O)N1)c1ccc(F)c(Cl)c1. The monoisotopic (exact) mass is 390 g/mol. The van der Waals surface area contributed by atoms with Crippen LogP contribution in [0.4, 0.5) is 10.1 Å². The molecule has 1 N–H and O–H groups in total. The van der Waals surface area contributed by atoms with Crippen LogP contribution in [0, 0.1) is 11.7 Å². The molecule has 1 heterocycles.